The SMILES string of the molecule is Cc1cccc(C(=O)NC[C@@H]2CC[C@H](CC(=O)N3CCOCC3)N2CC2CC2)n1. The monoisotopic (exact) mass is 400 g/mol. The summed E-state index contributed by atoms with van der Waals surface area (Å²) in [6.45, 7) is 6.25. The van der Waals surface area contributed by atoms with Crippen LogP contribution in [0.3, 0.4) is 0 Å². The van der Waals surface area contributed by atoms with Crippen molar-refractivity contribution in [2.45, 2.75) is 51.1 Å². The molecule has 1 saturated carbocycles. The normalized spacial score (nSPS) is 25.2. The summed E-state index contributed by atoms with van der Waals surface area (Å²) in [5, 5.41) is 3.07. The molecular formula is C22H32N4O3. The summed E-state index contributed by atoms with van der Waals surface area (Å²) in [6.07, 6.45) is 5.19. The number of aryl methyl sites for hydroxylation is 1. The summed E-state index contributed by atoms with van der Waals surface area (Å²) < 4.78 is 5.37. The summed E-state index contributed by atoms with van der Waals surface area (Å²) >= 11 is 0. The van der Waals surface area contributed by atoms with Gasteiger partial charge >= 0.3 is 0 Å². The van der Waals surface area contributed by atoms with Gasteiger partial charge in [-0.25, -0.2) is 4.98 Å². The number of pyridine rings is 1. The molecule has 3 fully saturated rings. The highest BCUT2D eigenvalue weighted by Gasteiger charge is 2.38. The van der Waals surface area contributed by atoms with E-state index in [1.54, 1.807) is 6.07 Å². The van der Waals surface area contributed by atoms with E-state index in [0.29, 0.717) is 51.0 Å². The van der Waals surface area contributed by atoms with Crippen LogP contribution in [0.4, 0.5) is 0 Å². The lowest BCUT2D eigenvalue weighted by Gasteiger charge is -2.33. The Morgan fingerprint density at radius 2 is 1.90 bits per heavy atom. The van der Waals surface area contributed by atoms with Crippen LogP contribution in [0.2, 0.25) is 0 Å². The van der Waals surface area contributed by atoms with Crippen molar-refractivity contribution in [3.8, 4) is 0 Å². The van der Waals surface area contributed by atoms with Crippen LogP contribution in [0.25, 0.3) is 0 Å². The van der Waals surface area contributed by atoms with Crippen molar-refractivity contribution in [1.82, 2.24) is 20.1 Å². The van der Waals surface area contributed by atoms with Crippen LogP contribution in [0, 0.1) is 12.8 Å². The highest BCUT2D eigenvalue weighted by atomic mass is 16.5. The Hall–Kier alpha value is -1.99. The number of likely N-dealkylation sites (tertiary alicyclic amines) is 1. The first-order chi connectivity index (χ1) is 14.1. The fourth-order valence-electron chi connectivity index (χ4n) is 4.46. The van der Waals surface area contributed by atoms with Gasteiger partial charge in [0.05, 0.1) is 13.2 Å². The smallest absolute Gasteiger partial charge is 0.269 e. The summed E-state index contributed by atoms with van der Waals surface area (Å²) in [6, 6.07) is 6.08. The number of amides is 2. The number of rotatable bonds is 7. The number of nitrogens with zero attached hydrogens (tertiary/aromatic N) is 3. The van der Waals surface area contributed by atoms with Crippen LogP contribution in [-0.4, -0.2) is 78.1 Å². The summed E-state index contributed by atoms with van der Waals surface area (Å²) in [5.74, 6) is 0.881. The first-order valence-electron chi connectivity index (χ1n) is 10.9. The number of nitrogens with one attached hydrogen (secondary N) is 1. The molecule has 7 heteroatoms. The Balaban J connectivity index is 1.34. The molecule has 0 bridgehead atoms. The van der Waals surface area contributed by atoms with Gasteiger partial charge in [-0.15, -0.1) is 0 Å². The first kappa shape index (κ1) is 20.3. The standard InChI is InChI=1S/C22H32N4O3/c1-16-3-2-4-20(24-16)22(28)23-14-19-8-7-18(26(19)15-17-5-6-17)13-21(27)25-9-11-29-12-10-25/h2-4,17-19H,5-15H2,1H3,(H,23,28)/t18-,19+/m1/s1. The predicted molar refractivity (Wildman–Crippen MR) is 110 cm³/mol. The molecule has 4 rings (SSSR count). The number of hydrogen-bond acceptors (Lipinski definition) is 5. The van der Waals surface area contributed by atoms with Crippen LogP contribution >= 0.6 is 0 Å². The number of aromatic nitrogens is 1. The topological polar surface area (TPSA) is 74.8 Å². The Labute approximate surface area is 172 Å². The van der Waals surface area contributed by atoms with Gasteiger partial charge in [0.2, 0.25) is 5.91 Å². The molecule has 1 N–H and O–H groups in total. The zero-order valence-electron chi connectivity index (χ0n) is 17.3. The van der Waals surface area contributed by atoms with Crippen LogP contribution in [-0.2, 0) is 9.53 Å². The molecule has 3 aliphatic rings. The number of carbonyl (C=O) groups is 2. The van der Waals surface area contributed by atoms with Crippen molar-refractivity contribution in [2.24, 2.45) is 5.92 Å². The minimum absolute atomic E-state index is 0.118. The van der Waals surface area contributed by atoms with Crippen molar-refractivity contribution >= 4 is 11.8 Å². The van der Waals surface area contributed by atoms with Gasteiger partial charge in [0, 0.05) is 50.4 Å². The minimum Gasteiger partial charge on any atom is -0.378 e. The maximum atomic E-state index is 12.8. The molecule has 1 aliphatic carbocycles. The van der Waals surface area contributed by atoms with Crippen molar-refractivity contribution < 1.29 is 14.3 Å². The molecule has 2 amide bonds. The van der Waals surface area contributed by atoms with Crippen LogP contribution < -0.4 is 5.32 Å². The highest BCUT2D eigenvalue weighted by Crippen LogP contribution is 2.35. The zero-order chi connectivity index (χ0) is 20.2. The molecule has 2 aliphatic heterocycles. The zero-order valence-corrected chi connectivity index (χ0v) is 17.3. The fourth-order valence-corrected chi connectivity index (χ4v) is 4.46. The molecule has 2 atom stereocenters. The third-order valence-corrected chi connectivity index (χ3v) is 6.33. The van der Waals surface area contributed by atoms with E-state index in [4.69, 9.17) is 4.74 Å². The lowest BCUT2D eigenvalue weighted by Crippen LogP contribution is -2.47. The van der Waals surface area contributed by atoms with Gasteiger partial charge in [-0.3, -0.25) is 14.5 Å². The molecular weight excluding hydrogens is 368 g/mol. The average molecular weight is 401 g/mol. The van der Waals surface area contributed by atoms with Gasteiger partial charge in [0.25, 0.3) is 5.91 Å². The van der Waals surface area contributed by atoms with Crippen molar-refractivity contribution in [3.63, 3.8) is 0 Å². The maximum absolute atomic E-state index is 12.8. The Bertz CT molecular complexity index is 731. The highest BCUT2D eigenvalue weighted by molar-refractivity contribution is 5.92. The number of morpholine rings is 1. The van der Waals surface area contributed by atoms with E-state index < -0.39 is 0 Å². The second-order valence-corrected chi connectivity index (χ2v) is 8.60. The quantitative estimate of drug-likeness (QED) is 0.753. The molecule has 0 radical (unpaired) electrons. The maximum Gasteiger partial charge on any atom is 0.269 e. The summed E-state index contributed by atoms with van der Waals surface area (Å²) in [4.78, 5) is 34.0. The van der Waals surface area contributed by atoms with Gasteiger partial charge < -0.3 is 15.0 Å². The summed E-state index contributed by atoms with van der Waals surface area (Å²) in [5.41, 5.74) is 1.31. The predicted octanol–water partition coefficient (Wildman–Crippen LogP) is 1.61. The Morgan fingerprint density at radius 3 is 2.62 bits per heavy atom. The molecule has 0 unspecified atom stereocenters. The molecule has 7 nitrogen and oxygen atoms in total. The fraction of sp³-hybridized carbons (Fsp3) is 0.682. The van der Waals surface area contributed by atoms with E-state index in [1.807, 2.05) is 24.0 Å². The van der Waals surface area contributed by atoms with E-state index in [-0.39, 0.29) is 17.9 Å². The molecule has 3 heterocycles. The average Bonchev–Trinajstić information content (AvgIpc) is 3.48. The Morgan fingerprint density at radius 1 is 1.14 bits per heavy atom. The van der Waals surface area contributed by atoms with Gasteiger partial charge in [-0.2, -0.15) is 0 Å². The van der Waals surface area contributed by atoms with Crippen LogP contribution in [0.15, 0.2) is 18.2 Å². The number of hydrogen-bond donors (Lipinski definition) is 1. The second-order valence-electron chi connectivity index (χ2n) is 8.60. The van der Waals surface area contributed by atoms with Gasteiger partial charge in [-0.05, 0) is 50.7 Å². The third kappa shape index (κ3) is 5.34. The molecule has 2 saturated heterocycles. The van der Waals surface area contributed by atoms with Gasteiger partial charge in [0.1, 0.15) is 5.69 Å². The third-order valence-electron chi connectivity index (χ3n) is 6.33. The van der Waals surface area contributed by atoms with E-state index in [0.717, 1.165) is 31.0 Å². The van der Waals surface area contributed by atoms with E-state index >= 15 is 0 Å². The molecule has 0 aromatic carbocycles. The molecule has 158 valence electrons. The lowest BCUT2D eigenvalue weighted by atomic mass is 10.1. The molecule has 29 heavy (non-hydrogen) atoms. The number of ether oxygens (including phenoxy) is 1. The molecule has 0 spiro atoms. The first-order valence-corrected chi connectivity index (χ1v) is 10.9. The van der Waals surface area contributed by atoms with E-state index in [9.17, 15) is 9.59 Å². The van der Waals surface area contributed by atoms with Crippen LogP contribution in [0.1, 0.15) is 48.3 Å². The van der Waals surface area contributed by atoms with Gasteiger partial charge in [-0.1, -0.05) is 6.07 Å². The molecule has 1 aromatic heterocycles. The van der Waals surface area contributed by atoms with E-state index in [1.165, 1.54) is 12.8 Å². The summed E-state index contributed by atoms with van der Waals surface area (Å²) in [7, 11) is 0. The lowest BCUT2D eigenvalue weighted by molar-refractivity contribution is -0.136. The molecule has 1 aromatic rings. The van der Waals surface area contributed by atoms with Crippen molar-refractivity contribution in [2.75, 3.05) is 39.4 Å². The largest absolute Gasteiger partial charge is 0.378 e. The van der Waals surface area contributed by atoms with E-state index in [2.05, 4.69) is 15.2 Å². The number of carbonyl (C=O) groups excluding carboxylic acids is 2. The second kappa shape index (κ2) is 9.22. The van der Waals surface area contributed by atoms with Crippen molar-refractivity contribution in [3.05, 3.63) is 29.6 Å². The van der Waals surface area contributed by atoms with Gasteiger partial charge in [0.15, 0.2) is 0 Å². The van der Waals surface area contributed by atoms with Crippen LogP contribution in [0.5, 0.6) is 0 Å². The Kier molecular flexibility index (Phi) is 6.45. The minimum atomic E-state index is -0.118. The van der Waals surface area contributed by atoms with Crippen molar-refractivity contribution in [1.29, 1.82) is 0 Å².